The first kappa shape index (κ1) is 24.5. The molecule has 35 heavy (non-hydrogen) atoms. The van der Waals surface area contributed by atoms with Crippen molar-refractivity contribution < 1.29 is 13.9 Å². The highest BCUT2D eigenvalue weighted by Crippen LogP contribution is 2.25. The highest BCUT2D eigenvalue weighted by molar-refractivity contribution is 5.77. The summed E-state index contributed by atoms with van der Waals surface area (Å²) in [7, 11) is 0. The number of hydrogen-bond donors (Lipinski definition) is 0. The maximum atomic E-state index is 11.4. The van der Waals surface area contributed by atoms with Crippen LogP contribution in [-0.2, 0) is 13.2 Å². The van der Waals surface area contributed by atoms with Crippen LogP contribution in [0.15, 0.2) is 63.9 Å². The van der Waals surface area contributed by atoms with Gasteiger partial charge in [-0.15, -0.1) is 5.10 Å². The third kappa shape index (κ3) is 6.94. The van der Waals surface area contributed by atoms with Crippen molar-refractivity contribution in [3.8, 4) is 11.5 Å². The lowest BCUT2D eigenvalue weighted by atomic mass is 10.0. The molecular weight excluding hydrogens is 442 g/mol. The first-order valence-electron chi connectivity index (χ1n) is 12.3. The quantitative estimate of drug-likeness (QED) is 0.184. The number of fused-ring (bicyclic) bond motifs is 1. The highest BCUT2D eigenvalue weighted by Gasteiger charge is 2.07. The average molecular weight is 476 g/mol. The minimum atomic E-state index is -0.354. The Balaban J connectivity index is 1.13. The number of ether oxygens (including phenoxy) is 2. The fourth-order valence-corrected chi connectivity index (χ4v) is 3.85. The highest BCUT2D eigenvalue weighted by atomic mass is 16.5. The van der Waals surface area contributed by atoms with E-state index in [-0.39, 0.29) is 5.63 Å². The minimum Gasteiger partial charge on any atom is -0.493 e. The lowest BCUT2D eigenvalue weighted by Gasteiger charge is -2.11. The lowest BCUT2D eigenvalue weighted by Crippen LogP contribution is -2.01. The van der Waals surface area contributed by atoms with Crippen LogP contribution in [0.2, 0.25) is 0 Å². The fourth-order valence-electron chi connectivity index (χ4n) is 3.85. The molecule has 0 amide bonds. The lowest BCUT2D eigenvalue weighted by molar-refractivity contribution is 0.298. The molecule has 0 unspecified atom stereocenters. The van der Waals surface area contributed by atoms with E-state index in [9.17, 15) is 4.79 Å². The van der Waals surface area contributed by atoms with Gasteiger partial charge in [-0.2, -0.15) is 0 Å². The van der Waals surface area contributed by atoms with Crippen molar-refractivity contribution in [1.82, 2.24) is 15.0 Å². The molecule has 0 fully saturated rings. The molecule has 2 heterocycles. The number of rotatable bonds is 12. The molecule has 0 aliphatic carbocycles. The van der Waals surface area contributed by atoms with E-state index in [0.29, 0.717) is 24.7 Å². The SMILES string of the molecule is Cc1ccc(C(C)C)cc1OCc1cn(CCCCCCOc2ccc3ccc(=O)oc3c2)nn1. The van der Waals surface area contributed by atoms with Crippen LogP contribution in [0.3, 0.4) is 0 Å². The molecule has 4 rings (SSSR count). The Morgan fingerprint density at radius 1 is 0.971 bits per heavy atom. The van der Waals surface area contributed by atoms with Crippen molar-refractivity contribution in [2.24, 2.45) is 0 Å². The Kier molecular flexibility index (Phi) is 8.19. The summed E-state index contributed by atoms with van der Waals surface area (Å²) >= 11 is 0. The van der Waals surface area contributed by atoms with Crippen molar-refractivity contribution in [2.75, 3.05) is 6.61 Å². The van der Waals surface area contributed by atoms with Crippen molar-refractivity contribution in [3.05, 3.63) is 82.0 Å². The summed E-state index contributed by atoms with van der Waals surface area (Å²) in [6.07, 6.45) is 6.10. The molecular formula is C28H33N3O4. The molecule has 0 spiro atoms. The number of unbranched alkanes of at least 4 members (excludes halogenated alkanes) is 3. The molecule has 2 aromatic heterocycles. The monoisotopic (exact) mass is 475 g/mol. The summed E-state index contributed by atoms with van der Waals surface area (Å²) in [5.74, 6) is 2.09. The molecule has 0 saturated heterocycles. The Morgan fingerprint density at radius 3 is 2.66 bits per heavy atom. The summed E-state index contributed by atoms with van der Waals surface area (Å²) in [6, 6.07) is 15.1. The van der Waals surface area contributed by atoms with Gasteiger partial charge in [0.05, 0.1) is 12.8 Å². The standard InChI is InChI=1S/C28H33N3O4/c1-20(2)23-9-8-21(3)26(16-23)34-19-24-18-31(30-29-24)14-6-4-5-7-15-33-25-12-10-22-11-13-28(32)35-27(22)17-25/h8-13,16-18,20H,4-7,14-15,19H2,1-3H3. The van der Waals surface area contributed by atoms with Gasteiger partial charge in [0, 0.05) is 24.1 Å². The van der Waals surface area contributed by atoms with Crippen LogP contribution in [0.25, 0.3) is 11.0 Å². The van der Waals surface area contributed by atoms with Crippen molar-refractivity contribution in [3.63, 3.8) is 0 Å². The van der Waals surface area contributed by atoms with Gasteiger partial charge in [0.25, 0.3) is 0 Å². The second kappa shape index (κ2) is 11.7. The molecule has 0 radical (unpaired) electrons. The van der Waals surface area contributed by atoms with E-state index in [1.165, 1.54) is 11.6 Å². The van der Waals surface area contributed by atoms with Gasteiger partial charge >= 0.3 is 5.63 Å². The number of aryl methyl sites for hydroxylation is 2. The average Bonchev–Trinajstić information content (AvgIpc) is 3.30. The molecule has 0 saturated carbocycles. The van der Waals surface area contributed by atoms with Crippen LogP contribution >= 0.6 is 0 Å². The molecule has 4 aromatic rings. The number of aromatic nitrogens is 3. The molecule has 7 heteroatoms. The largest absolute Gasteiger partial charge is 0.493 e. The van der Waals surface area contributed by atoms with Gasteiger partial charge in [-0.25, -0.2) is 4.79 Å². The third-order valence-corrected chi connectivity index (χ3v) is 5.99. The summed E-state index contributed by atoms with van der Waals surface area (Å²) in [6.45, 7) is 8.30. The molecule has 0 aliphatic heterocycles. The molecule has 0 aliphatic rings. The first-order chi connectivity index (χ1) is 17.0. The van der Waals surface area contributed by atoms with Gasteiger partial charge in [-0.1, -0.05) is 37.6 Å². The van der Waals surface area contributed by atoms with E-state index in [2.05, 4.69) is 49.3 Å². The van der Waals surface area contributed by atoms with E-state index >= 15 is 0 Å². The van der Waals surface area contributed by atoms with Gasteiger partial charge < -0.3 is 13.9 Å². The summed E-state index contributed by atoms with van der Waals surface area (Å²) in [5.41, 5.74) is 3.42. The van der Waals surface area contributed by atoms with E-state index in [1.54, 1.807) is 12.1 Å². The summed E-state index contributed by atoms with van der Waals surface area (Å²) in [4.78, 5) is 11.4. The van der Waals surface area contributed by atoms with Gasteiger partial charge in [-0.3, -0.25) is 4.68 Å². The summed E-state index contributed by atoms with van der Waals surface area (Å²) in [5, 5.41) is 9.36. The zero-order valence-corrected chi connectivity index (χ0v) is 20.7. The van der Waals surface area contributed by atoms with E-state index in [1.807, 2.05) is 23.0 Å². The van der Waals surface area contributed by atoms with Crippen LogP contribution < -0.4 is 15.1 Å². The number of hydrogen-bond acceptors (Lipinski definition) is 6. The van der Waals surface area contributed by atoms with E-state index < -0.39 is 0 Å². The fraction of sp³-hybridized carbons (Fsp3) is 0.393. The van der Waals surface area contributed by atoms with Crippen molar-refractivity contribution in [2.45, 2.75) is 65.5 Å². The van der Waals surface area contributed by atoms with Gasteiger partial charge in [-0.05, 0) is 67.5 Å². The van der Waals surface area contributed by atoms with Crippen LogP contribution in [-0.4, -0.2) is 21.6 Å². The Labute approximate surface area is 205 Å². The molecule has 0 bridgehead atoms. The molecule has 0 atom stereocenters. The third-order valence-electron chi connectivity index (χ3n) is 5.99. The minimum absolute atomic E-state index is 0.354. The Hall–Kier alpha value is -3.61. The van der Waals surface area contributed by atoms with Crippen LogP contribution in [0.1, 0.15) is 62.3 Å². The van der Waals surface area contributed by atoms with E-state index in [0.717, 1.165) is 60.4 Å². The second-order valence-electron chi connectivity index (χ2n) is 9.16. The van der Waals surface area contributed by atoms with Crippen LogP contribution in [0.5, 0.6) is 11.5 Å². The maximum Gasteiger partial charge on any atom is 0.336 e. The maximum absolute atomic E-state index is 11.4. The molecule has 0 N–H and O–H groups in total. The predicted molar refractivity (Wildman–Crippen MR) is 136 cm³/mol. The number of nitrogens with zero attached hydrogens (tertiary/aromatic N) is 3. The van der Waals surface area contributed by atoms with Gasteiger partial charge in [0.2, 0.25) is 0 Å². The molecule has 2 aromatic carbocycles. The predicted octanol–water partition coefficient (Wildman–Crippen LogP) is 6.03. The van der Waals surface area contributed by atoms with Crippen LogP contribution in [0, 0.1) is 6.92 Å². The van der Waals surface area contributed by atoms with E-state index in [4.69, 9.17) is 13.9 Å². The topological polar surface area (TPSA) is 79.4 Å². The number of benzene rings is 2. The Morgan fingerprint density at radius 2 is 1.80 bits per heavy atom. The van der Waals surface area contributed by atoms with Gasteiger partial charge in [0.15, 0.2) is 0 Å². The van der Waals surface area contributed by atoms with Crippen molar-refractivity contribution in [1.29, 1.82) is 0 Å². The molecule has 7 nitrogen and oxygen atoms in total. The zero-order chi connectivity index (χ0) is 24.6. The summed E-state index contributed by atoms with van der Waals surface area (Å²) < 4.78 is 18.9. The van der Waals surface area contributed by atoms with Crippen molar-refractivity contribution >= 4 is 11.0 Å². The van der Waals surface area contributed by atoms with Crippen LogP contribution in [0.4, 0.5) is 0 Å². The zero-order valence-electron chi connectivity index (χ0n) is 20.7. The normalized spacial score (nSPS) is 11.3. The first-order valence-corrected chi connectivity index (χ1v) is 12.3. The Bertz CT molecular complexity index is 1310. The smallest absolute Gasteiger partial charge is 0.336 e. The second-order valence-corrected chi connectivity index (χ2v) is 9.16. The molecule has 184 valence electrons. The van der Waals surface area contributed by atoms with Gasteiger partial charge in [0.1, 0.15) is 29.4 Å².